The number of nitrogens with one attached hydrogen (secondary N) is 1. The van der Waals surface area contributed by atoms with Gasteiger partial charge in [0.1, 0.15) is 0 Å². The molecule has 1 rings (SSSR count). The van der Waals surface area contributed by atoms with E-state index in [1.807, 2.05) is 0 Å². The zero-order valence-electron chi connectivity index (χ0n) is 10.0. The summed E-state index contributed by atoms with van der Waals surface area (Å²) in [7, 11) is 1.63. The highest BCUT2D eigenvalue weighted by Gasteiger charge is 2.20. The van der Waals surface area contributed by atoms with Crippen LogP contribution in [0, 0.1) is 5.92 Å². The third-order valence-corrected chi connectivity index (χ3v) is 3.42. The standard InChI is InChI=1S/C12H22ClNO2/c1-16-9-11(13)7-8-14-12(15)10-5-3-2-4-6-10/h10-11H,2-9H2,1H3,(H,14,15). The van der Waals surface area contributed by atoms with E-state index in [9.17, 15) is 4.79 Å². The first-order chi connectivity index (χ1) is 7.74. The zero-order chi connectivity index (χ0) is 11.8. The van der Waals surface area contributed by atoms with Crippen molar-refractivity contribution >= 4 is 17.5 Å². The molecule has 0 aromatic carbocycles. The highest BCUT2D eigenvalue weighted by Crippen LogP contribution is 2.23. The first-order valence-corrected chi connectivity index (χ1v) is 6.58. The summed E-state index contributed by atoms with van der Waals surface area (Å²) < 4.78 is 4.93. The lowest BCUT2D eigenvalue weighted by atomic mass is 9.89. The molecule has 0 saturated heterocycles. The number of carbonyl (C=O) groups is 1. The lowest BCUT2D eigenvalue weighted by molar-refractivity contribution is -0.125. The molecule has 1 unspecified atom stereocenters. The number of halogens is 1. The predicted octanol–water partition coefficient (Wildman–Crippen LogP) is 2.33. The Bertz CT molecular complexity index is 205. The summed E-state index contributed by atoms with van der Waals surface area (Å²) >= 11 is 5.97. The van der Waals surface area contributed by atoms with Gasteiger partial charge >= 0.3 is 0 Å². The van der Waals surface area contributed by atoms with Crippen molar-refractivity contribution in [1.29, 1.82) is 0 Å². The van der Waals surface area contributed by atoms with E-state index in [1.54, 1.807) is 7.11 Å². The van der Waals surface area contributed by atoms with E-state index in [-0.39, 0.29) is 17.2 Å². The van der Waals surface area contributed by atoms with Gasteiger partial charge in [-0.1, -0.05) is 19.3 Å². The lowest BCUT2D eigenvalue weighted by Crippen LogP contribution is -2.33. The minimum absolute atomic E-state index is 0.00310. The fourth-order valence-electron chi connectivity index (χ4n) is 2.13. The molecule has 4 heteroatoms. The van der Waals surface area contributed by atoms with Crippen molar-refractivity contribution in [2.75, 3.05) is 20.3 Å². The Balaban J connectivity index is 2.09. The van der Waals surface area contributed by atoms with Gasteiger partial charge < -0.3 is 10.1 Å². The molecule has 16 heavy (non-hydrogen) atoms. The van der Waals surface area contributed by atoms with Crippen molar-refractivity contribution in [2.45, 2.75) is 43.9 Å². The molecular weight excluding hydrogens is 226 g/mol. The summed E-state index contributed by atoms with van der Waals surface area (Å²) in [6.07, 6.45) is 6.54. The number of alkyl halides is 1. The fraction of sp³-hybridized carbons (Fsp3) is 0.917. The van der Waals surface area contributed by atoms with Gasteiger partial charge in [0, 0.05) is 19.6 Å². The van der Waals surface area contributed by atoms with Crippen LogP contribution in [0.25, 0.3) is 0 Å². The molecular formula is C12H22ClNO2. The predicted molar refractivity (Wildman–Crippen MR) is 65.7 cm³/mol. The van der Waals surface area contributed by atoms with Crippen molar-refractivity contribution < 1.29 is 9.53 Å². The van der Waals surface area contributed by atoms with Crippen LogP contribution in [0.4, 0.5) is 0 Å². The molecule has 0 aliphatic heterocycles. The maximum absolute atomic E-state index is 11.8. The van der Waals surface area contributed by atoms with Crippen LogP contribution in [-0.2, 0) is 9.53 Å². The summed E-state index contributed by atoms with van der Waals surface area (Å²) in [6.45, 7) is 1.20. The Kier molecular flexibility index (Phi) is 6.81. The number of rotatable bonds is 6. The van der Waals surface area contributed by atoms with Gasteiger partial charge in [-0.05, 0) is 19.3 Å². The van der Waals surface area contributed by atoms with Gasteiger partial charge in [0.15, 0.2) is 0 Å². The van der Waals surface area contributed by atoms with Crippen molar-refractivity contribution in [1.82, 2.24) is 5.32 Å². The molecule has 3 nitrogen and oxygen atoms in total. The van der Waals surface area contributed by atoms with Gasteiger partial charge in [0.25, 0.3) is 0 Å². The maximum Gasteiger partial charge on any atom is 0.223 e. The smallest absolute Gasteiger partial charge is 0.223 e. The minimum Gasteiger partial charge on any atom is -0.383 e. The molecule has 94 valence electrons. The van der Waals surface area contributed by atoms with E-state index in [0.717, 1.165) is 19.3 Å². The van der Waals surface area contributed by atoms with Gasteiger partial charge in [-0.2, -0.15) is 0 Å². The quantitative estimate of drug-likeness (QED) is 0.732. The SMILES string of the molecule is COCC(Cl)CCNC(=O)C1CCCCC1. The zero-order valence-corrected chi connectivity index (χ0v) is 10.8. The molecule has 0 heterocycles. The van der Waals surface area contributed by atoms with Crippen LogP contribution in [0.15, 0.2) is 0 Å². The van der Waals surface area contributed by atoms with Crippen LogP contribution in [0.1, 0.15) is 38.5 Å². The average Bonchev–Trinajstić information content (AvgIpc) is 2.30. The van der Waals surface area contributed by atoms with Crippen LogP contribution in [-0.4, -0.2) is 31.5 Å². The van der Waals surface area contributed by atoms with E-state index in [4.69, 9.17) is 16.3 Å². The minimum atomic E-state index is -0.00310. The lowest BCUT2D eigenvalue weighted by Gasteiger charge is -2.21. The third kappa shape index (κ3) is 5.17. The summed E-state index contributed by atoms with van der Waals surface area (Å²) in [5.74, 6) is 0.450. The van der Waals surface area contributed by atoms with Crippen LogP contribution >= 0.6 is 11.6 Å². The largest absolute Gasteiger partial charge is 0.383 e. The maximum atomic E-state index is 11.8. The molecule has 0 aromatic rings. The molecule has 1 saturated carbocycles. The monoisotopic (exact) mass is 247 g/mol. The average molecular weight is 248 g/mol. The molecule has 0 spiro atoms. The molecule has 1 amide bonds. The second-order valence-corrected chi connectivity index (χ2v) is 5.08. The van der Waals surface area contributed by atoms with Crippen LogP contribution in [0.3, 0.4) is 0 Å². The van der Waals surface area contributed by atoms with Gasteiger partial charge in [-0.3, -0.25) is 4.79 Å². The normalized spacial score (nSPS) is 19.4. The van der Waals surface area contributed by atoms with Crippen molar-refractivity contribution in [3.63, 3.8) is 0 Å². The summed E-state index contributed by atoms with van der Waals surface area (Å²) in [5.41, 5.74) is 0. The molecule has 1 N–H and O–H groups in total. The summed E-state index contributed by atoms with van der Waals surface area (Å²) in [6, 6.07) is 0. The number of amides is 1. The molecule has 0 radical (unpaired) electrons. The van der Waals surface area contributed by atoms with Crippen LogP contribution < -0.4 is 5.32 Å². The molecule has 1 atom stereocenters. The van der Waals surface area contributed by atoms with E-state index >= 15 is 0 Å². The molecule has 1 fully saturated rings. The molecule has 0 bridgehead atoms. The number of hydrogen-bond acceptors (Lipinski definition) is 2. The van der Waals surface area contributed by atoms with Gasteiger partial charge in [-0.25, -0.2) is 0 Å². The highest BCUT2D eigenvalue weighted by molar-refractivity contribution is 6.20. The first kappa shape index (κ1) is 13.8. The van der Waals surface area contributed by atoms with E-state index in [1.165, 1.54) is 19.3 Å². The molecule has 1 aliphatic rings. The number of hydrogen-bond donors (Lipinski definition) is 1. The Labute approximate surface area is 103 Å². The van der Waals surface area contributed by atoms with E-state index in [2.05, 4.69) is 5.32 Å². The van der Waals surface area contributed by atoms with Gasteiger partial charge in [0.05, 0.1) is 12.0 Å². The third-order valence-electron chi connectivity index (χ3n) is 3.08. The van der Waals surface area contributed by atoms with Crippen LogP contribution in [0.2, 0.25) is 0 Å². The second kappa shape index (κ2) is 7.91. The highest BCUT2D eigenvalue weighted by atomic mass is 35.5. The summed E-state index contributed by atoms with van der Waals surface area (Å²) in [5, 5.41) is 2.96. The first-order valence-electron chi connectivity index (χ1n) is 6.14. The number of methoxy groups -OCH3 is 1. The Hall–Kier alpha value is -0.280. The van der Waals surface area contributed by atoms with Crippen molar-refractivity contribution in [2.24, 2.45) is 5.92 Å². The van der Waals surface area contributed by atoms with Crippen molar-refractivity contribution in [3.8, 4) is 0 Å². The topological polar surface area (TPSA) is 38.3 Å². The fourth-order valence-corrected chi connectivity index (χ4v) is 2.36. The summed E-state index contributed by atoms with van der Waals surface area (Å²) in [4.78, 5) is 11.8. The Morgan fingerprint density at radius 3 is 2.75 bits per heavy atom. The van der Waals surface area contributed by atoms with Gasteiger partial charge in [-0.15, -0.1) is 11.6 Å². The van der Waals surface area contributed by atoms with E-state index < -0.39 is 0 Å². The number of carbonyl (C=O) groups excluding carboxylic acids is 1. The van der Waals surface area contributed by atoms with Gasteiger partial charge in [0.2, 0.25) is 5.91 Å². The number of ether oxygens (including phenoxy) is 1. The second-order valence-electron chi connectivity index (χ2n) is 4.47. The Morgan fingerprint density at radius 2 is 2.12 bits per heavy atom. The van der Waals surface area contributed by atoms with E-state index in [0.29, 0.717) is 13.2 Å². The Morgan fingerprint density at radius 1 is 1.44 bits per heavy atom. The van der Waals surface area contributed by atoms with Crippen molar-refractivity contribution in [3.05, 3.63) is 0 Å². The molecule has 0 aromatic heterocycles. The molecule has 1 aliphatic carbocycles. The van der Waals surface area contributed by atoms with Crippen LogP contribution in [0.5, 0.6) is 0 Å².